The Hall–Kier alpha value is -0.700. The van der Waals surface area contributed by atoms with Crippen molar-refractivity contribution < 1.29 is 4.74 Å². The molecule has 0 unspecified atom stereocenters. The minimum absolute atomic E-state index is 0. The van der Waals surface area contributed by atoms with E-state index in [-0.39, 0.29) is 24.8 Å². The van der Waals surface area contributed by atoms with Gasteiger partial charge in [0.2, 0.25) is 0 Å². The normalized spacial score (nSPS) is 8.81. The second-order valence-corrected chi connectivity index (χ2v) is 4.12. The van der Waals surface area contributed by atoms with Crippen LogP contribution in [0.5, 0.6) is 5.06 Å². The van der Waals surface area contributed by atoms with Crippen LogP contribution in [0.4, 0.5) is 0 Å². The topological polar surface area (TPSA) is 9.23 Å². The fourth-order valence-electron chi connectivity index (χ4n) is 1.30. The Kier molecular flexibility index (Phi) is 7.22. The zero-order valence-corrected chi connectivity index (χ0v) is 11.3. The van der Waals surface area contributed by atoms with Crippen LogP contribution in [-0.2, 0) is 6.61 Å². The molecule has 2 rings (SSSR count). The Morgan fingerprint density at radius 1 is 1.12 bits per heavy atom. The third kappa shape index (κ3) is 4.44. The molecule has 1 nitrogen and oxygen atoms in total. The molecule has 0 fully saturated rings. The van der Waals surface area contributed by atoms with Crippen molar-refractivity contribution in [2.24, 2.45) is 0 Å². The number of ether oxygens (including phenoxy) is 1. The van der Waals surface area contributed by atoms with Gasteiger partial charge in [0.05, 0.1) is 0 Å². The maximum absolute atomic E-state index is 5.61. The number of rotatable bonds is 3. The number of thiophene rings is 1. The second kappa shape index (κ2) is 7.55. The highest BCUT2D eigenvalue weighted by atomic mass is 35.5. The minimum atomic E-state index is 0. The lowest BCUT2D eigenvalue weighted by atomic mass is 10.1. The Bertz CT molecular complexity index is 401. The fraction of sp³-hybridized carbons (Fsp3) is 0.167. The lowest BCUT2D eigenvalue weighted by Gasteiger charge is -2.03. The maximum Gasteiger partial charge on any atom is 0.174 e. The van der Waals surface area contributed by atoms with E-state index < -0.39 is 0 Å². The molecule has 0 N–H and O–H groups in total. The van der Waals surface area contributed by atoms with Gasteiger partial charge in [-0.15, -0.1) is 36.2 Å². The standard InChI is InChI=1S/C12H12OS.2ClH/c1-10-4-2-5-11(8-10)9-13-12-6-3-7-14-12;;/h2-8H,9H2,1H3;2*1H. The van der Waals surface area contributed by atoms with Crippen molar-refractivity contribution in [1.29, 1.82) is 0 Å². The highest BCUT2D eigenvalue weighted by Gasteiger charge is 1.96. The molecule has 0 saturated carbocycles. The molecular formula is C12H14Cl2OS. The lowest BCUT2D eigenvalue weighted by Crippen LogP contribution is -1.93. The van der Waals surface area contributed by atoms with Crippen LogP contribution in [0.3, 0.4) is 0 Å². The van der Waals surface area contributed by atoms with Crippen molar-refractivity contribution in [3.05, 3.63) is 52.9 Å². The van der Waals surface area contributed by atoms with E-state index in [2.05, 4.69) is 31.2 Å². The van der Waals surface area contributed by atoms with E-state index in [1.165, 1.54) is 11.1 Å². The Morgan fingerprint density at radius 3 is 2.56 bits per heavy atom. The monoisotopic (exact) mass is 276 g/mol. The summed E-state index contributed by atoms with van der Waals surface area (Å²) in [6.45, 7) is 2.75. The Labute approximate surface area is 112 Å². The molecule has 0 aliphatic carbocycles. The van der Waals surface area contributed by atoms with Crippen molar-refractivity contribution in [2.75, 3.05) is 0 Å². The van der Waals surface area contributed by atoms with E-state index in [0.717, 1.165) is 5.06 Å². The smallest absolute Gasteiger partial charge is 0.174 e. The van der Waals surface area contributed by atoms with Gasteiger partial charge >= 0.3 is 0 Å². The van der Waals surface area contributed by atoms with Crippen LogP contribution in [0.25, 0.3) is 0 Å². The molecule has 1 aromatic heterocycles. The molecule has 0 saturated heterocycles. The molecule has 16 heavy (non-hydrogen) atoms. The molecule has 4 heteroatoms. The van der Waals surface area contributed by atoms with Crippen LogP contribution < -0.4 is 4.74 Å². The molecule has 1 heterocycles. The van der Waals surface area contributed by atoms with E-state index >= 15 is 0 Å². The molecule has 0 amide bonds. The molecule has 2 aromatic rings. The SMILES string of the molecule is Cc1cccc(COc2cccs2)c1.Cl.Cl. The third-order valence-electron chi connectivity index (χ3n) is 1.96. The molecule has 0 spiro atoms. The van der Waals surface area contributed by atoms with Crippen LogP contribution in [-0.4, -0.2) is 0 Å². The number of benzene rings is 1. The molecule has 0 aliphatic heterocycles. The zero-order valence-electron chi connectivity index (χ0n) is 8.88. The first kappa shape index (κ1) is 15.3. The number of halogens is 2. The first-order valence-corrected chi connectivity index (χ1v) is 5.44. The molecule has 88 valence electrons. The van der Waals surface area contributed by atoms with Crippen LogP contribution in [0.1, 0.15) is 11.1 Å². The van der Waals surface area contributed by atoms with Gasteiger partial charge in [-0.1, -0.05) is 29.8 Å². The highest BCUT2D eigenvalue weighted by Crippen LogP contribution is 2.19. The van der Waals surface area contributed by atoms with Crippen molar-refractivity contribution in [1.82, 2.24) is 0 Å². The van der Waals surface area contributed by atoms with E-state index in [0.29, 0.717) is 6.61 Å². The average molecular weight is 277 g/mol. The van der Waals surface area contributed by atoms with E-state index in [9.17, 15) is 0 Å². The highest BCUT2D eigenvalue weighted by molar-refractivity contribution is 7.11. The van der Waals surface area contributed by atoms with Gasteiger partial charge in [0.15, 0.2) is 5.06 Å². The lowest BCUT2D eigenvalue weighted by molar-refractivity contribution is 0.315. The van der Waals surface area contributed by atoms with Crippen molar-refractivity contribution in [3.8, 4) is 5.06 Å². The average Bonchev–Trinajstić information content (AvgIpc) is 2.67. The molecule has 0 atom stereocenters. The van der Waals surface area contributed by atoms with Crippen LogP contribution in [0, 0.1) is 6.92 Å². The van der Waals surface area contributed by atoms with Gasteiger partial charge in [-0.25, -0.2) is 0 Å². The third-order valence-corrected chi connectivity index (χ3v) is 2.74. The van der Waals surface area contributed by atoms with Gasteiger partial charge in [0.25, 0.3) is 0 Å². The summed E-state index contributed by atoms with van der Waals surface area (Å²) >= 11 is 1.62. The zero-order chi connectivity index (χ0) is 9.80. The van der Waals surface area contributed by atoms with Crippen molar-refractivity contribution in [3.63, 3.8) is 0 Å². The number of hydrogen-bond donors (Lipinski definition) is 0. The summed E-state index contributed by atoms with van der Waals surface area (Å²) in [6, 6.07) is 12.4. The summed E-state index contributed by atoms with van der Waals surface area (Å²) in [6.07, 6.45) is 0. The van der Waals surface area contributed by atoms with E-state index in [4.69, 9.17) is 4.74 Å². The summed E-state index contributed by atoms with van der Waals surface area (Å²) < 4.78 is 5.61. The Balaban J connectivity index is 0.00000112. The summed E-state index contributed by atoms with van der Waals surface area (Å²) in [5.74, 6) is 0. The summed E-state index contributed by atoms with van der Waals surface area (Å²) in [7, 11) is 0. The molecular weight excluding hydrogens is 263 g/mol. The first-order chi connectivity index (χ1) is 6.84. The van der Waals surface area contributed by atoms with Gasteiger partial charge in [-0.2, -0.15) is 0 Å². The van der Waals surface area contributed by atoms with Gasteiger partial charge in [-0.3, -0.25) is 0 Å². The minimum Gasteiger partial charge on any atom is -0.479 e. The largest absolute Gasteiger partial charge is 0.479 e. The van der Waals surface area contributed by atoms with Crippen molar-refractivity contribution in [2.45, 2.75) is 13.5 Å². The van der Waals surface area contributed by atoms with Crippen LogP contribution in [0.15, 0.2) is 41.8 Å². The predicted molar refractivity (Wildman–Crippen MR) is 74.3 cm³/mol. The van der Waals surface area contributed by atoms with E-state index in [1.807, 2.05) is 17.5 Å². The first-order valence-electron chi connectivity index (χ1n) is 4.56. The quantitative estimate of drug-likeness (QED) is 0.803. The van der Waals surface area contributed by atoms with Crippen LogP contribution >= 0.6 is 36.2 Å². The Morgan fingerprint density at radius 2 is 1.94 bits per heavy atom. The summed E-state index contributed by atoms with van der Waals surface area (Å²) in [4.78, 5) is 0. The van der Waals surface area contributed by atoms with Gasteiger partial charge < -0.3 is 4.74 Å². The number of aryl methyl sites for hydroxylation is 1. The summed E-state index contributed by atoms with van der Waals surface area (Å²) in [5, 5.41) is 3.00. The van der Waals surface area contributed by atoms with Crippen molar-refractivity contribution >= 4 is 36.2 Å². The van der Waals surface area contributed by atoms with Gasteiger partial charge in [0, 0.05) is 0 Å². The maximum atomic E-state index is 5.61. The van der Waals surface area contributed by atoms with E-state index in [1.54, 1.807) is 11.3 Å². The van der Waals surface area contributed by atoms with Crippen LogP contribution in [0.2, 0.25) is 0 Å². The predicted octanol–water partition coefficient (Wildman–Crippen LogP) is 4.48. The van der Waals surface area contributed by atoms with Gasteiger partial charge in [-0.05, 0) is 30.0 Å². The van der Waals surface area contributed by atoms with Gasteiger partial charge in [0.1, 0.15) is 6.61 Å². The molecule has 0 bridgehead atoms. The molecule has 0 radical (unpaired) electrons. The fourth-order valence-corrected chi connectivity index (χ4v) is 1.88. The second-order valence-electron chi connectivity index (χ2n) is 3.21. The summed E-state index contributed by atoms with van der Waals surface area (Å²) in [5.41, 5.74) is 2.50. The number of hydrogen-bond acceptors (Lipinski definition) is 2. The molecule has 0 aliphatic rings. The molecule has 1 aromatic carbocycles.